The van der Waals surface area contributed by atoms with Crippen LogP contribution < -0.4 is 0 Å². The molecule has 2 rings (SSSR count). The average Bonchev–Trinajstić information content (AvgIpc) is 2.78. The summed E-state index contributed by atoms with van der Waals surface area (Å²) in [4.78, 5) is 14.8. The van der Waals surface area contributed by atoms with E-state index in [1.807, 2.05) is 11.2 Å². The van der Waals surface area contributed by atoms with Crippen molar-refractivity contribution in [1.29, 1.82) is 5.26 Å². The van der Waals surface area contributed by atoms with Crippen LogP contribution in [-0.2, 0) is 4.79 Å². The van der Waals surface area contributed by atoms with Crippen LogP contribution in [0.15, 0.2) is 29.2 Å². The molecule has 1 atom stereocenters. The molecule has 0 N–H and O–H groups in total. The quantitative estimate of drug-likeness (QED) is 0.794. The summed E-state index contributed by atoms with van der Waals surface area (Å²) in [6.45, 7) is 0.525. The van der Waals surface area contributed by atoms with E-state index in [2.05, 4.69) is 30.3 Å². The smallest absolute Gasteiger partial charge is 0.233 e. The van der Waals surface area contributed by atoms with Crippen molar-refractivity contribution in [3.05, 3.63) is 29.8 Å². The predicted molar refractivity (Wildman–Crippen MR) is 75.4 cm³/mol. The lowest BCUT2D eigenvalue weighted by molar-refractivity contribution is -0.127. The normalized spacial score (nSPS) is 19.0. The van der Waals surface area contributed by atoms with Crippen LogP contribution >= 0.6 is 23.5 Å². The molecule has 1 aliphatic heterocycles. The van der Waals surface area contributed by atoms with E-state index in [4.69, 9.17) is 5.26 Å². The minimum absolute atomic E-state index is 0.0711. The number of thioether (sulfide) groups is 2. The number of rotatable bonds is 4. The molecule has 0 radical (unpaired) electrons. The second kappa shape index (κ2) is 6.17. The highest BCUT2D eigenvalue weighted by Crippen LogP contribution is 2.38. The van der Waals surface area contributed by atoms with Gasteiger partial charge in [0.05, 0.1) is 18.2 Å². The first-order valence-electron chi connectivity index (χ1n) is 5.68. The second-order valence-electron chi connectivity index (χ2n) is 3.93. The van der Waals surface area contributed by atoms with Crippen LogP contribution in [0.1, 0.15) is 17.4 Å². The standard InChI is InChI=1S/C13H14N2OS2/c1-17-11-5-3-10(4-6-11)13-15(8-2-7-14)12(16)9-18-13/h3-6,13H,2,8-9H2,1H3. The first kappa shape index (κ1) is 13.3. The van der Waals surface area contributed by atoms with E-state index in [1.165, 1.54) is 4.90 Å². The second-order valence-corrected chi connectivity index (χ2v) is 5.88. The number of nitrogens with zero attached hydrogens (tertiary/aromatic N) is 2. The summed E-state index contributed by atoms with van der Waals surface area (Å²) in [5, 5.41) is 8.71. The van der Waals surface area contributed by atoms with E-state index in [0.717, 1.165) is 5.56 Å². The number of carbonyl (C=O) groups is 1. The molecule has 1 saturated heterocycles. The molecule has 1 unspecified atom stereocenters. The predicted octanol–water partition coefficient (Wildman–Crippen LogP) is 2.90. The molecule has 5 heteroatoms. The Balaban J connectivity index is 2.15. The maximum atomic E-state index is 11.8. The van der Waals surface area contributed by atoms with Crippen LogP contribution in [0.4, 0.5) is 0 Å². The molecule has 1 fully saturated rings. The van der Waals surface area contributed by atoms with Gasteiger partial charge < -0.3 is 4.90 Å². The first-order valence-corrected chi connectivity index (χ1v) is 7.95. The Morgan fingerprint density at radius 2 is 2.22 bits per heavy atom. The summed E-state index contributed by atoms with van der Waals surface area (Å²) < 4.78 is 0. The molecule has 1 aromatic carbocycles. The Morgan fingerprint density at radius 1 is 1.50 bits per heavy atom. The van der Waals surface area contributed by atoms with Gasteiger partial charge in [-0.3, -0.25) is 4.79 Å². The summed E-state index contributed by atoms with van der Waals surface area (Å²) in [7, 11) is 0. The fraction of sp³-hybridized carbons (Fsp3) is 0.385. The Kier molecular flexibility index (Phi) is 4.56. The zero-order chi connectivity index (χ0) is 13.0. The third kappa shape index (κ3) is 2.82. The molecular weight excluding hydrogens is 264 g/mol. The first-order chi connectivity index (χ1) is 8.76. The molecule has 0 bridgehead atoms. The zero-order valence-electron chi connectivity index (χ0n) is 10.1. The van der Waals surface area contributed by atoms with Gasteiger partial charge in [-0.2, -0.15) is 5.26 Å². The maximum Gasteiger partial charge on any atom is 0.233 e. The van der Waals surface area contributed by atoms with Crippen molar-refractivity contribution in [2.24, 2.45) is 0 Å². The molecule has 1 amide bonds. The van der Waals surface area contributed by atoms with E-state index in [9.17, 15) is 4.79 Å². The van der Waals surface area contributed by atoms with Crippen LogP contribution in [0.3, 0.4) is 0 Å². The molecule has 0 saturated carbocycles. The van der Waals surface area contributed by atoms with Crippen molar-refractivity contribution in [3.63, 3.8) is 0 Å². The van der Waals surface area contributed by atoms with Gasteiger partial charge in [-0.1, -0.05) is 12.1 Å². The van der Waals surface area contributed by atoms with E-state index in [0.29, 0.717) is 18.7 Å². The van der Waals surface area contributed by atoms with Gasteiger partial charge in [0, 0.05) is 11.4 Å². The van der Waals surface area contributed by atoms with Crippen LogP contribution in [-0.4, -0.2) is 29.4 Å². The maximum absolute atomic E-state index is 11.8. The average molecular weight is 278 g/mol. The van der Waals surface area contributed by atoms with Crippen molar-refractivity contribution in [2.45, 2.75) is 16.7 Å². The SMILES string of the molecule is CSc1ccc(C2SCC(=O)N2CCC#N)cc1. The molecule has 94 valence electrons. The van der Waals surface area contributed by atoms with Crippen molar-refractivity contribution in [2.75, 3.05) is 18.6 Å². The largest absolute Gasteiger partial charge is 0.325 e. The van der Waals surface area contributed by atoms with Crippen molar-refractivity contribution < 1.29 is 4.79 Å². The third-order valence-electron chi connectivity index (χ3n) is 2.83. The summed E-state index contributed by atoms with van der Waals surface area (Å²) >= 11 is 3.34. The number of nitriles is 1. The lowest BCUT2D eigenvalue weighted by Crippen LogP contribution is -2.29. The Morgan fingerprint density at radius 3 is 2.83 bits per heavy atom. The van der Waals surface area contributed by atoms with Crippen LogP contribution in [0.2, 0.25) is 0 Å². The number of benzene rings is 1. The fourth-order valence-corrected chi connectivity index (χ4v) is 3.54. The highest BCUT2D eigenvalue weighted by atomic mass is 32.2. The molecule has 1 aromatic rings. The fourth-order valence-electron chi connectivity index (χ4n) is 1.91. The van der Waals surface area contributed by atoms with E-state index >= 15 is 0 Å². The minimum Gasteiger partial charge on any atom is -0.325 e. The molecule has 18 heavy (non-hydrogen) atoms. The van der Waals surface area contributed by atoms with E-state index < -0.39 is 0 Å². The van der Waals surface area contributed by atoms with Crippen LogP contribution in [0.25, 0.3) is 0 Å². The minimum atomic E-state index is 0.0711. The Labute approximate surface area is 116 Å². The lowest BCUT2D eigenvalue weighted by Gasteiger charge is -2.23. The number of hydrogen-bond donors (Lipinski definition) is 0. The van der Waals surface area contributed by atoms with Gasteiger partial charge >= 0.3 is 0 Å². The number of carbonyl (C=O) groups excluding carboxylic acids is 1. The van der Waals surface area contributed by atoms with Crippen LogP contribution in [0.5, 0.6) is 0 Å². The Hall–Kier alpha value is -1.12. The summed E-state index contributed by atoms with van der Waals surface area (Å²) in [6.07, 6.45) is 2.44. The topological polar surface area (TPSA) is 44.1 Å². The van der Waals surface area contributed by atoms with E-state index in [1.54, 1.807) is 23.5 Å². The van der Waals surface area contributed by atoms with Gasteiger partial charge in [-0.05, 0) is 24.0 Å². The van der Waals surface area contributed by atoms with Gasteiger partial charge in [0.2, 0.25) is 5.91 Å². The molecular formula is C13H14N2OS2. The highest BCUT2D eigenvalue weighted by Gasteiger charge is 2.32. The van der Waals surface area contributed by atoms with Gasteiger partial charge in [0.1, 0.15) is 5.37 Å². The molecule has 3 nitrogen and oxygen atoms in total. The lowest BCUT2D eigenvalue weighted by atomic mass is 10.2. The van der Waals surface area contributed by atoms with Gasteiger partial charge in [-0.25, -0.2) is 0 Å². The number of hydrogen-bond acceptors (Lipinski definition) is 4. The summed E-state index contributed by atoms with van der Waals surface area (Å²) in [5.41, 5.74) is 1.14. The Bertz CT molecular complexity index is 467. The van der Waals surface area contributed by atoms with Crippen LogP contribution in [0, 0.1) is 11.3 Å². The van der Waals surface area contributed by atoms with Gasteiger partial charge in [0.25, 0.3) is 0 Å². The van der Waals surface area contributed by atoms with Crippen molar-refractivity contribution in [3.8, 4) is 6.07 Å². The van der Waals surface area contributed by atoms with Gasteiger partial charge in [0.15, 0.2) is 0 Å². The van der Waals surface area contributed by atoms with Crippen molar-refractivity contribution in [1.82, 2.24) is 4.90 Å². The highest BCUT2D eigenvalue weighted by molar-refractivity contribution is 8.00. The zero-order valence-corrected chi connectivity index (χ0v) is 11.8. The summed E-state index contributed by atoms with van der Waals surface area (Å²) in [6, 6.07) is 10.4. The summed E-state index contributed by atoms with van der Waals surface area (Å²) in [5.74, 6) is 0.648. The third-order valence-corrected chi connectivity index (χ3v) is 4.83. The molecule has 0 spiro atoms. The molecule has 1 heterocycles. The van der Waals surface area contributed by atoms with Crippen molar-refractivity contribution >= 4 is 29.4 Å². The molecule has 1 aliphatic rings. The number of amides is 1. The molecule has 0 aromatic heterocycles. The van der Waals surface area contributed by atoms with E-state index in [-0.39, 0.29) is 11.3 Å². The van der Waals surface area contributed by atoms with Gasteiger partial charge in [-0.15, -0.1) is 23.5 Å². The molecule has 0 aliphatic carbocycles. The monoisotopic (exact) mass is 278 g/mol.